The Morgan fingerprint density at radius 1 is 1.14 bits per heavy atom. The summed E-state index contributed by atoms with van der Waals surface area (Å²) in [6, 6.07) is 18.2. The number of aryl methyl sites for hydroxylation is 1. The van der Waals surface area contributed by atoms with Crippen molar-refractivity contribution in [2.45, 2.75) is 19.0 Å². The van der Waals surface area contributed by atoms with E-state index in [0.29, 0.717) is 23.4 Å². The topological polar surface area (TPSA) is 95.8 Å². The summed E-state index contributed by atoms with van der Waals surface area (Å²) < 4.78 is 1.98. The van der Waals surface area contributed by atoms with Gasteiger partial charge in [0, 0.05) is 24.5 Å². The summed E-state index contributed by atoms with van der Waals surface area (Å²) in [5.41, 5.74) is 2.46. The first-order valence-electron chi connectivity index (χ1n) is 9.36. The molecule has 0 aliphatic carbocycles. The number of phenolic OH excluding ortho intramolecular Hbond substituents is 1. The second-order valence-corrected chi connectivity index (χ2v) is 6.71. The number of nitrogens with zero attached hydrogens (tertiary/aromatic N) is 3. The normalized spacial score (nSPS) is 11.9. The molecular weight excluding hydrogens is 366 g/mol. The molecule has 0 spiro atoms. The molecule has 2 aromatic heterocycles. The molecule has 1 atom stereocenters. The van der Waals surface area contributed by atoms with Gasteiger partial charge in [0.25, 0.3) is 5.91 Å². The summed E-state index contributed by atoms with van der Waals surface area (Å²) in [5.74, 6) is -0.132. The van der Waals surface area contributed by atoms with Crippen molar-refractivity contribution in [2.24, 2.45) is 0 Å². The van der Waals surface area contributed by atoms with Crippen LogP contribution < -0.4 is 5.32 Å². The minimum Gasteiger partial charge on any atom is -0.507 e. The number of H-pyrrole nitrogens is 1. The van der Waals surface area contributed by atoms with Crippen LogP contribution in [0.3, 0.4) is 0 Å². The highest BCUT2D eigenvalue weighted by Gasteiger charge is 2.18. The van der Waals surface area contributed by atoms with E-state index in [1.54, 1.807) is 36.8 Å². The van der Waals surface area contributed by atoms with Crippen molar-refractivity contribution >= 4 is 5.91 Å². The lowest BCUT2D eigenvalue weighted by Gasteiger charge is -2.19. The van der Waals surface area contributed by atoms with Gasteiger partial charge in [0.1, 0.15) is 11.4 Å². The lowest BCUT2D eigenvalue weighted by atomic mass is 10.0. The van der Waals surface area contributed by atoms with Gasteiger partial charge in [0.2, 0.25) is 0 Å². The summed E-state index contributed by atoms with van der Waals surface area (Å²) >= 11 is 0. The van der Waals surface area contributed by atoms with Gasteiger partial charge in [-0.2, -0.15) is 5.10 Å². The van der Waals surface area contributed by atoms with Gasteiger partial charge in [-0.3, -0.25) is 9.89 Å². The Kier molecular flexibility index (Phi) is 5.38. The Labute approximate surface area is 168 Å². The summed E-state index contributed by atoms with van der Waals surface area (Å²) in [6.07, 6.45) is 6.11. The molecule has 4 rings (SSSR count). The van der Waals surface area contributed by atoms with E-state index in [4.69, 9.17) is 0 Å². The highest BCUT2D eigenvalue weighted by molar-refractivity contribution is 5.93. The van der Waals surface area contributed by atoms with Crippen LogP contribution in [0.4, 0.5) is 0 Å². The molecule has 0 saturated heterocycles. The molecule has 146 valence electrons. The number of phenols is 1. The number of imidazole rings is 1. The number of carbonyl (C=O) groups is 1. The second kappa shape index (κ2) is 8.43. The number of para-hydroxylation sites is 1. The third-order valence-corrected chi connectivity index (χ3v) is 4.74. The third-order valence-electron chi connectivity index (χ3n) is 4.74. The minimum absolute atomic E-state index is 0.119. The van der Waals surface area contributed by atoms with Crippen molar-refractivity contribution in [3.05, 3.63) is 90.6 Å². The van der Waals surface area contributed by atoms with Crippen LogP contribution in [0.2, 0.25) is 0 Å². The van der Waals surface area contributed by atoms with E-state index in [0.717, 1.165) is 12.1 Å². The molecule has 1 amide bonds. The van der Waals surface area contributed by atoms with Gasteiger partial charge >= 0.3 is 0 Å². The SMILES string of the molecule is O=C(NC(CCn1ccnc1)c1ccccc1)c1cc(-c2ccccc2O)n[nH]1. The highest BCUT2D eigenvalue weighted by atomic mass is 16.3. The number of aromatic amines is 1. The van der Waals surface area contributed by atoms with E-state index >= 15 is 0 Å². The number of aromatic hydroxyl groups is 1. The number of rotatable bonds is 7. The average Bonchev–Trinajstić information content (AvgIpc) is 3.44. The standard InChI is InChI=1S/C22H21N5O2/c28-21-9-5-4-8-17(21)19-14-20(26-25-19)22(29)24-18(16-6-2-1-3-7-16)10-12-27-13-11-23-15-27/h1-9,11,13-15,18,28H,10,12H2,(H,24,29)(H,25,26). The highest BCUT2D eigenvalue weighted by Crippen LogP contribution is 2.27. The molecule has 0 aliphatic rings. The van der Waals surface area contributed by atoms with Gasteiger partial charge in [-0.05, 0) is 30.2 Å². The molecule has 7 heteroatoms. The first-order chi connectivity index (χ1) is 14.2. The van der Waals surface area contributed by atoms with Crippen LogP contribution in [-0.4, -0.2) is 30.8 Å². The van der Waals surface area contributed by atoms with Crippen molar-refractivity contribution in [2.75, 3.05) is 0 Å². The largest absolute Gasteiger partial charge is 0.507 e. The Hall–Kier alpha value is -3.87. The van der Waals surface area contributed by atoms with Gasteiger partial charge in [-0.15, -0.1) is 0 Å². The number of amides is 1. The van der Waals surface area contributed by atoms with Crippen molar-refractivity contribution in [3.63, 3.8) is 0 Å². The number of aromatic nitrogens is 4. The Bertz CT molecular complexity index is 1070. The van der Waals surface area contributed by atoms with E-state index in [1.165, 1.54) is 0 Å². The molecule has 29 heavy (non-hydrogen) atoms. The Morgan fingerprint density at radius 2 is 1.93 bits per heavy atom. The number of hydrogen-bond donors (Lipinski definition) is 3. The quantitative estimate of drug-likeness (QED) is 0.452. The van der Waals surface area contributed by atoms with E-state index in [1.807, 2.05) is 47.2 Å². The second-order valence-electron chi connectivity index (χ2n) is 6.71. The predicted molar refractivity (Wildman–Crippen MR) is 109 cm³/mol. The molecule has 7 nitrogen and oxygen atoms in total. The van der Waals surface area contributed by atoms with Crippen molar-refractivity contribution in [1.82, 2.24) is 25.1 Å². The summed E-state index contributed by atoms with van der Waals surface area (Å²) in [5, 5.41) is 20.0. The molecule has 0 saturated carbocycles. The number of nitrogens with one attached hydrogen (secondary N) is 2. The molecule has 0 radical (unpaired) electrons. The molecule has 1 unspecified atom stereocenters. The molecule has 4 aromatic rings. The van der Waals surface area contributed by atoms with Crippen LogP contribution in [0.25, 0.3) is 11.3 Å². The van der Waals surface area contributed by atoms with Crippen molar-refractivity contribution < 1.29 is 9.90 Å². The Morgan fingerprint density at radius 3 is 2.69 bits per heavy atom. The van der Waals surface area contributed by atoms with Crippen LogP contribution in [0, 0.1) is 0 Å². The van der Waals surface area contributed by atoms with Crippen LogP contribution in [0.15, 0.2) is 79.4 Å². The lowest BCUT2D eigenvalue weighted by Crippen LogP contribution is -2.29. The van der Waals surface area contributed by atoms with E-state index in [9.17, 15) is 9.90 Å². The molecule has 0 fully saturated rings. The van der Waals surface area contributed by atoms with Gasteiger partial charge in [-0.25, -0.2) is 4.98 Å². The number of benzene rings is 2. The summed E-state index contributed by atoms with van der Waals surface area (Å²) in [4.78, 5) is 16.9. The first kappa shape index (κ1) is 18.5. The van der Waals surface area contributed by atoms with Crippen LogP contribution in [-0.2, 0) is 6.54 Å². The van der Waals surface area contributed by atoms with Crippen LogP contribution in [0.5, 0.6) is 5.75 Å². The van der Waals surface area contributed by atoms with Crippen LogP contribution in [0.1, 0.15) is 28.5 Å². The maximum absolute atomic E-state index is 12.9. The number of hydrogen-bond acceptors (Lipinski definition) is 4. The molecule has 0 aliphatic heterocycles. The van der Waals surface area contributed by atoms with Crippen molar-refractivity contribution in [3.8, 4) is 17.0 Å². The molecule has 0 bridgehead atoms. The van der Waals surface area contributed by atoms with Gasteiger partial charge in [0.15, 0.2) is 0 Å². The van der Waals surface area contributed by atoms with E-state index < -0.39 is 0 Å². The third kappa shape index (κ3) is 4.35. The smallest absolute Gasteiger partial charge is 0.269 e. The lowest BCUT2D eigenvalue weighted by molar-refractivity contribution is 0.0928. The zero-order valence-corrected chi connectivity index (χ0v) is 15.7. The zero-order valence-electron chi connectivity index (χ0n) is 15.7. The van der Waals surface area contributed by atoms with Gasteiger partial charge in [-0.1, -0.05) is 42.5 Å². The maximum atomic E-state index is 12.9. The number of carbonyl (C=O) groups excluding carboxylic acids is 1. The zero-order chi connectivity index (χ0) is 20.1. The van der Waals surface area contributed by atoms with Gasteiger partial charge < -0.3 is 15.0 Å². The van der Waals surface area contributed by atoms with E-state index in [2.05, 4.69) is 20.5 Å². The van der Waals surface area contributed by atoms with Crippen LogP contribution >= 0.6 is 0 Å². The molecule has 2 heterocycles. The fraction of sp³-hybridized carbons (Fsp3) is 0.136. The minimum atomic E-state index is -0.251. The Balaban J connectivity index is 1.51. The van der Waals surface area contributed by atoms with E-state index in [-0.39, 0.29) is 17.7 Å². The average molecular weight is 387 g/mol. The fourth-order valence-electron chi connectivity index (χ4n) is 3.21. The molecule has 3 N–H and O–H groups in total. The molecular formula is C22H21N5O2. The van der Waals surface area contributed by atoms with Gasteiger partial charge in [0.05, 0.1) is 18.1 Å². The predicted octanol–water partition coefficient (Wildman–Crippen LogP) is 3.54. The maximum Gasteiger partial charge on any atom is 0.269 e. The van der Waals surface area contributed by atoms with Crippen molar-refractivity contribution in [1.29, 1.82) is 0 Å². The molecule has 2 aromatic carbocycles. The first-order valence-corrected chi connectivity index (χ1v) is 9.36. The summed E-state index contributed by atoms with van der Waals surface area (Å²) in [7, 11) is 0. The summed E-state index contributed by atoms with van der Waals surface area (Å²) in [6.45, 7) is 0.728. The fourth-order valence-corrected chi connectivity index (χ4v) is 3.21. The monoisotopic (exact) mass is 387 g/mol.